The first-order valence-corrected chi connectivity index (χ1v) is 9.35. The number of nitrogens with zero attached hydrogens (tertiary/aromatic N) is 4. The number of anilines is 1. The first kappa shape index (κ1) is 19.4. The number of carbonyl (C=O) groups excluding carboxylic acids is 1. The van der Waals surface area contributed by atoms with Gasteiger partial charge in [-0.2, -0.15) is 5.10 Å². The Kier molecular flexibility index (Phi) is 5.05. The van der Waals surface area contributed by atoms with Crippen LogP contribution >= 0.6 is 0 Å². The minimum Gasteiger partial charge on any atom is -0.497 e. The number of aryl methyl sites for hydroxylation is 2. The normalized spacial score (nSPS) is 10.8. The number of nitrogens with one attached hydrogen (secondary N) is 1. The highest BCUT2D eigenvalue weighted by atomic mass is 16.5. The molecule has 0 spiro atoms. The van der Waals surface area contributed by atoms with E-state index in [1.165, 1.54) is 0 Å². The number of rotatable bonds is 5. The van der Waals surface area contributed by atoms with E-state index >= 15 is 0 Å². The van der Waals surface area contributed by atoms with E-state index in [1.807, 2.05) is 31.2 Å². The van der Waals surface area contributed by atoms with Gasteiger partial charge in [0.2, 0.25) is 0 Å². The van der Waals surface area contributed by atoms with Crippen LogP contribution in [0.1, 0.15) is 21.9 Å². The Morgan fingerprint density at radius 2 is 1.70 bits per heavy atom. The Bertz CT molecular complexity index is 1230. The van der Waals surface area contributed by atoms with Crippen LogP contribution < -0.4 is 14.8 Å². The fraction of sp³-hybridized carbons (Fsp3) is 0.182. The summed E-state index contributed by atoms with van der Waals surface area (Å²) in [5.41, 5.74) is 4.46. The van der Waals surface area contributed by atoms with Gasteiger partial charge in [0.1, 0.15) is 11.5 Å². The van der Waals surface area contributed by atoms with Crippen molar-refractivity contribution in [3.05, 3.63) is 65.6 Å². The number of ether oxygens (including phenoxy) is 2. The second kappa shape index (κ2) is 7.82. The van der Waals surface area contributed by atoms with Gasteiger partial charge in [-0.3, -0.25) is 4.79 Å². The van der Waals surface area contributed by atoms with Crippen LogP contribution in [0.3, 0.4) is 0 Å². The predicted molar refractivity (Wildman–Crippen MR) is 113 cm³/mol. The molecule has 8 heteroatoms. The monoisotopic (exact) mass is 403 g/mol. The van der Waals surface area contributed by atoms with Crippen molar-refractivity contribution in [2.45, 2.75) is 13.8 Å². The summed E-state index contributed by atoms with van der Waals surface area (Å²) < 4.78 is 12.3. The van der Waals surface area contributed by atoms with Crippen LogP contribution in [0.25, 0.3) is 16.8 Å². The van der Waals surface area contributed by atoms with E-state index in [-0.39, 0.29) is 11.6 Å². The van der Waals surface area contributed by atoms with Crippen molar-refractivity contribution in [1.82, 2.24) is 19.8 Å². The van der Waals surface area contributed by atoms with Gasteiger partial charge < -0.3 is 14.8 Å². The summed E-state index contributed by atoms with van der Waals surface area (Å²) in [7, 11) is 3.21. The smallest absolute Gasteiger partial charge is 0.278 e. The number of fused-ring (bicyclic) bond motifs is 1. The molecule has 0 unspecified atom stereocenters. The predicted octanol–water partition coefficient (Wildman–Crippen LogP) is 3.68. The molecule has 0 fully saturated rings. The Morgan fingerprint density at radius 3 is 2.40 bits per heavy atom. The minimum absolute atomic E-state index is 0.201. The van der Waals surface area contributed by atoms with E-state index in [4.69, 9.17) is 9.47 Å². The molecule has 0 saturated carbocycles. The molecule has 152 valence electrons. The highest BCUT2D eigenvalue weighted by Crippen LogP contribution is 2.34. The standard InChI is InChI=1S/C22H21N5O3/c1-13-19(17-7-5-6-8-18(17)30-4)21-25-24-20(14(2)27(21)26-13)22(28)23-15-9-11-16(29-3)12-10-15/h5-12H,1-4H3,(H,23,28). The fourth-order valence-corrected chi connectivity index (χ4v) is 3.35. The van der Waals surface area contributed by atoms with Crippen LogP contribution in [-0.2, 0) is 0 Å². The van der Waals surface area contributed by atoms with Crippen molar-refractivity contribution >= 4 is 17.2 Å². The van der Waals surface area contributed by atoms with Crippen LogP contribution in [0, 0.1) is 13.8 Å². The summed E-state index contributed by atoms with van der Waals surface area (Å²) >= 11 is 0. The average Bonchev–Trinajstić information content (AvgIpc) is 3.11. The van der Waals surface area contributed by atoms with Crippen molar-refractivity contribution in [2.75, 3.05) is 19.5 Å². The molecule has 0 saturated heterocycles. The van der Waals surface area contributed by atoms with E-state index in [2.05, 4.69) is 20.6 Å². The quantitative estimate of drug-likeness (QED) is 0.547. The van der Waals surface area contributed by atoms with Gasteiger partial charge in [0.05, 0.1) is 31.2 Å². The second-order valence-electron chi connectivity index (χ2n) is 6.71. The maximum Gasteiger partial charge on any atom is 0.278 e. The summed E-state index contributed by atoms with van der Waals surface area (Å²) in [4.78, 5) is 12.8. The number of aromatic nitrogens is 4. The first-order chi connectivity index (χ1) is 14.5. The van der Waals surface area contributed by atoms with E-state index in [9.17, 15) is 4.79 Å². The SMILES string of the molecule is COc1ccc(NC(=O)c2nnc3c(-c4ccccc4OC)c(C)nn3c2C)cc1. The zero-order chi connectivity index (χ0) is 21.3. The van der Waals surface area contributed by atoms with E-state index < -0.39 is 0 Å². The zero-order valence-electron chi connectivity index (χ0n) is 17.1. The average molecular weight is 403 g/mol. The van der Waals surface area contributed by atoms with Crippen LogP contribution in [-0.4, -0.2) is 39.9 Å². The molecule has 0 bridgehead atoms. The minimum atomic E-state index is -0.362. The number of hydrogen-bond acceptors (Lipinski definition) is 6. The Balaban J connectivity index is 1.73. The third-order valence-electron chi connectivity index (χ3n) is 4.88. The van der Waals surface area contributed by atoms with E-state index in [1.54, 1.807) is 49.9 Å². The van der Waals surface area contributed by atoms with Crippen molar-refractivity contribution in [1.29, 1.82) is 0 Å². The van der Waals surface area contributed by atoms with Gasteiger partial charge in [-0.15, -0.1) is 10.2 Å². The Hall–Kier alpha value is -3.94. The number of benzene rings is 2. The molecule has 2 heterocycles. The van der Waals surface area contributed by atoms with Gasteiger partial charge in [0.15, 0.2) is 11.3 Å². The molecule has 1 amide bonds. The van der Waals surface area contributed by atoms with Crippen molar-refractivity contribution < 1.29 is 14.3 Å². The molecular weight excluding hydrogens is 382 g/mol. The Morgan fingerprint density at radius 1 is 0.967 bits per heavy atom. The number of hydrogen-bond donors (Lipinski definition) is 1. The second-order valence-corrected chi connectivity index (χ2v) is 6.71. The lowest BCUT2D eigenvalue weighted by Crippen LogP contribution is -2.18. The third kappa shape index (κ3) is 3.32. The summed E-state index contributed by atoms with van der Waals surface area (Å²) in [5, 5.41) is 15.9. The lowest BCUT2D eigenvalue weighted by Gasteiger charge is -2.09. The molecule has 8 nitrogen and oxygen atoms in total. The van der Waals surface area contributed by atoms with Crippen molar-refractivity contribution in [3.63, 3.8) is 0 Å². The molecule has 1 N–H and O–H groups in total. The summed E-state index contributed by atoms with van der Waals surface area (Å²) in [5.74, 6) is 1.07. The van der Waals surface area contributed by atoms with Gasteiger partial charge in [0, 0.05) is 11.3 Å². The first-order valence-electron chi connectivity index (χ1n) is 9.35. The molecule has 0 radical (unpaired) electrons. The third-order valence-corrected chi connectivity index (χ3v) is 4.88. The lowest BCUT2D eigenvalue weighted by molar-refractivity contribution is 0.102. The summed E-state index contributed by atoms with van der Waals surface area (Å²) in [6.45, 7) is 3.69. The maximum absolute atomic E-state index is 12.8. The Labute approximate surface area is 173 Å². The number of carbonyl (C=O) groups is 1. The van der Waals surface area contributed by atoms with Gasteiger partial charge in [-0.25, -0.2) is 4.52 Å². The van der Waals surface area contributed by atoms with Crippen LogP contribution in [0.15, 0.2) is 48.5 Å². The van der Waals surface area contributed by atoms with Gasteiger partial charge in [0.25, 0.3) is 5.91 Å². The van der Waals surface area contributed by atoms with Gasteiger partial charge in [-0.05, 0) is 44.2 Å². The molecule has 30 heavy (non-hydrogen) atoms. The molecule has 4 aromatic rings. The molecular formula is C22H21N5O3. The fourth-order valence-electron chi connectivity index (χ4n) is 3.35. The van der Waals surface area contributed by atoms with E-state index in [0.29, 0.717) is 22.8 Å². The van der Waals surface area contributed by atoms with Crippen LogP contribution in [0.4, 0.5) is 5.69 Å². The molecule has 0 aliphatic rings. The number of amides is 1. The number of methoxy groups -OCH3 is 2. The molecule has 2 aromatic heterocycles. The molecule has 2 aromatic carbocycles. The van der Waals surface area contributed by atoms with Crippen molar-refractivity contribution in [2.24, 2.45) is 0 Å². The topological polar surface area (TPSA) is 90.6 Å². The lowest BCUT2D eigenvalue weighted by atomic mass is 10.1. The van der Waals surface area contributed by atoms with Crippen LogP contribution in [0.2, 0.25) is 0 Å². The van der Waals surface area contributed by atoms with E-state index in [0.717, 1.165) is 22.6 Å². The summed E-state index contributed by atoms with van der Waals surface area (Å²) in [6, 6.07) is 14.7. The van der Waals surface area contributed by atoms with Gasteiger partial charge >= 0.3 is 0 Å². The zero-order valence-corrected chi connectivity index (χ0v) is 17.1. The highest BCUT2D eigenvalue weighted by molar-refractivity contribution is 6.03. The molecule has 4 rings (SSSR count). The maximum atomic E-state index is 12.8. The highest BCUT2D eigenvalue weighted by Gasteiger charge is 2.21. The van der Waals surface area contributed by atoms with Crippen molar-refractivity contribution in [3.8, 4) is 22.6 Å². The largest absolute Gasteiger partial charge is 0.497 e. The van der Waals surface area contributed by atoms with Gasteiger partial charge in [-0.1, -0.05) is 18.2 Å². The summed E-state index contributed by atoms with van der Waals surface area (Å²) in [6.07, 6.45) is 0. The van der Waals surface area contributed by atoms with Crippen LogP contribution in [0.5, 0.6) is 11.5 Å². The number of para-hydroxylation sites is 1. The molecule has 0 aliphatic heterocycles. The molecule has 0 atom stereocenters. The molecule has 0 aliphatic carbocycles.